The number of hydrogen-bond acceptors (Lipinski definition) is 3. The first-order chi connectivity index (χ1) is 6.72. The van der Waals surface area contributed by atoms with Gasteiger partial charge in [-0.05, 0) is 24.1 Å². The van der Waals surface area contributed by atoms with Crippen LogP contribution < -0.4 is 15.2 Å². The lowest BCUT2D eigenvalue weighted by Gasteiger charge is -2.13. The van der Waals surface area contributed by atoms with E-state index in [-0.39, 0.29) is 18.4 Å². The summed E-state index contributed by atoms with van der Waals surface area (Å²) in [6.07, 6.45) is 0.912. The van der Waals surface area contributed by atoms with Gasteiger partial charge in [0.15, 0.2) is 11.5 Å². The molecule has 0 saturated carbocycles. The quantitative estimate of drug-likeness (QED) is 0.866. The van der Waals surface area contributed by atoms with Crippen molar-refractivity contribution in [2.75, 3.05) is 14.2 Å². The van der Waals surface area contributed by atoms with Gasteiger partial charge in [-0.25, -0.2) is 0 Å². The first-order valence-electron chi connectivity index (χ1n) is 4.70. The van der Waals surface area contributed by atoms with E-state index in [2.05, 4.69) is 6.92 Å². The molecule has 15 heavy (non-hydrogen) atoms. The first kappa shape index (κ1) is 14.1. The summed E-state index contributed by atoms with van der Waals surface area (Å²) in [4.78, 5) is 0. The van der Waals surface area contributed by atoms with E-state index in [1.165, 1.54) is 0 Å². The van der Waals surface area contributed by atoms with Crippen LogP contribution in [0.25, 0.3) is 0 Å². The summed E-state index contributed by atoms with van der Waals surface area (Å²) in [5.41, 5.74) is 6.99. The molecule has 86 valence electrons. The van der Waals surface area contributed by atoms with Gasteiger partial charge in [0.2, 0.25) is 0 Å². The Kier molecular flexibility index (Phi) is 6.13. The second-order valence-electron chi connectivity index (χ2n) is 3.13. The highest BCUT2D eigenvalue weighted by atomic mass is 35.5. The molecule has 0 aliphatic carbocycles. The summed E-state index contributed by atoms with van der Waals surface area (Å²) in [6, 6.07) is 5.83. The molecule has 1 rings (SSSR count). The van der Waals surface area contributed by atoms with E-state index < -0.39 is 0 Å². The number of halogens is 1. The van der Waals surface area contributed by atoms with Crippen molar-refractivity contribution in [1.82, 2.24) is 0 Å². The largest absolute Gasteiger partial charge is 0.493 e. The Morgan fingerprint density at radius 3 is 2.27 bits per heavy atom. The average molecular weight is 232 g/mol. The molecule has 4 heteroatoms. The summed E-state index contributed by atoms with van der Waals surface area (Å²) < 4.78 is 10.3. The molecule has 0 bridgehead atoms. The van der Waals surface area contributed by atoms with Gasteiger partial charge in [-0.3, -0.25) is 0 Å². The van der Waals surface area contributed by atoms with Gasteiger partial charge < -0.3 is 15.2 Å². The predicted octanol–water partition coefficient (Wildman–Crippen LogP) is 2.54. The molecule has 0 aliphatic heterocycles. The van der Waals surface area contributed by atoms with Crippen LogP contribution >= 0.6 is 12.4 Å². The number of methoxy groups -OCH3 is 2. The molecule has 1 unspecified atom stereocenters. The summed E-state index contributed by atoms with van der Waals surface area (Å²) in [5, 5.41) is 0. The van der Waals surface area contributed by atoms with Crippen molar-refractivity contribution in [3.8, 4) is 11.5 Å². The van der Waals surface area contributed by atoms with Crippen LogP contribution in [0.5, 0.6) is 11.5 Å². The molecular weight excluding hydrogens is 214 g/mol. The predicted molar refractivity (Wildman–Crippen MR) is 64.0 cm³/mol. The topological polar surface area (TPSA) is 44.5 Å². The van der Waals surface area contributed by atoms with Gasteiger partial charge in [0.1, 0.15) is 0 Å². The van der Waals surface area contributed by atoms with E-state index in [0.29, 0.717) is 0 Å². The molecule has 0 heterocycles. The minimum absolute atomic E-state index is 0. The highest BCUT2D eigenvalue weighted by Gasteiger charge is 2.08. The smallest absolute Gasteiger partial charge is 0.161 e. The minimum atomic E-state index is 0. The van der Waals surface area contributed by atoms with E-state index in [1.807, 2.05) is 18.2 Å². The van der Waals surface area contributed by atoms with Gasteiger partial charge in [-0.2, -0.15) is 0 Å². The van der Waals surface area contributed by atoms with Gasteiger partial charge in [0.05, 0.1) is 14.2 Å². The van der Waals surface area contributed by atoms with Gasteiger partial charge in [-0.1, -0.05) is 13.0 Å². The molecule has 3 nitrogen and oxygen atoms in total. The molecule has 1 aromatic carbocycles. The van der Waals surface area contributed by atoms with Gasteiger partial charge in [0.25, 0.3) is 0 Å². The zero-order chi connectivity index (χ0) is 10.6. The van der Waals surface area contributed by atoms with Crippen molar-refractivity contribution in [1.29, 1.82) is 0 Å². The third-order valence-corrected chi connectivity index (χ3v) is 2.28. The van der Waals surface area contributed by atoms with Crippen molar-refractivity contribution in [3.05, 3.63) is 23.8 Å². The lowest BCUT2D eigenvalue weighted by atomic mass is 10.1. The Morgan fingerprint density at radius 1 is 1.20 bits per heavy atom. The summed E-state index contributed by atoms with van der Waals surface area (Å²) in [5.74, 6) is 1.47. The van der Waals surface area contributed by atoms with Crippen LogP contribution in [0, 0.1) is 0 Å². The van der Waals surface area contributed by atoms with E-state index in [1.54, 1.807) is 14.2 Å². The molecule has 0 aromatic heterocycles. The van der Waals surface area contributed by atoms with Crippen molar-refractivity contribution in [3.63, 3.8) is 0 Å². The fourth-order valence-electron chi connectivity index (χ4n) is 1.32. The molecule has 1 atom stereocenters. The van der Waals surface area contributed by atoms with Crippen LogP contribution in [0.4, 0.5) is 0 Å². The molecule has 2 N–H and O–H groups in total. The fourth-order valence-corrected chi connectivity index (χ4v) is 1.32. The van der Waals surface area contributed by atoms with E-state index in [4.69, 9.17) is 15.2 Å². The van der Waals surface area contributed by atoms with E-state index >= 15 is 0 Å². The first-order valence-corrected chi connectivity index (χ1v) is 4.70. The molecule has 0 saturated heterocycles. The van der Waals surface area contributed by atoms with Crippen LogP contribution in [0.1, 0.15) is 24.9 Å². The summed E-state index contributed by atoms with van der Waals surface area (Å²) in [6.45, 7) is 2.06. The Hall–Kier alpha value is -0.930. The van der Waals surface area contributed by atoms with Crippen LogP contribution in [-0.2, 0) is 0 Å². The second-order valence-corrected chi connectivity index (χ2v) is 3.13. The molecule has 0 radical (unpaired) electrons. The van der Waals surface area contributed by atoms with E-state index in [0.717, 1.165) is 23.5 Å². The zero-order valence-electron chi connectivity index (χ0n) is 9.32. The Bertz CT molecular complexity index is 305. The van der Waals surface area contributed by atoms with E-state index in [9.17, 15) is 0 Å². The third kappa shape index (κ3) is 3.29. The van der Waals surface area contributed by atoms with Crippen molar-refractivity contribution >= 4 is 12.4 Å². The SMILES string of the molecule is CCC(N)c1ccc(OC)c(OC)c1.Cl. The Balaban J connectivity index is 0.00000196. The van der Waals surface area contributed by atoms with Gasteiger partial charge in [0, 0.05) is 6.04 Å². The molecule has 0 amide bonds. The minimum Gasteiger partial charge on any atom is -0.493 e. The highest BCUT2D eigenvalue weighted by Crippen LogP contribution is 2.29. The van der Waals surface area contributed by atoms with Crippen molar-refractivity contribution in [2.45, 2.75) is 19.4 Å². The van der Waals surface area contributed by atoms with Gasteiger partial charge in [-0.15, -0.1) is 12.4 Å². The standard InChI is InChI=1S/C11H17NO2.ClH/c1-4-9(12)8-5-6-10(13-2)11(7-8)14-3;/h5-7,9H,4,12H2,1-3H3;1H. The zero-order valence-corrected chi connectivity index (χ0v) is 10.1. The molecule has 1 aromatic rings. The molecule has 0 fully saturated rings. The molecule has 0 aliphatic rings. The monoisotopic (exact) mass is 231 g/mol. The molecular formula is C11H18ClNO2. The summed E-state index contributed by atoms with van der Waals surface area (Å²) >= 11 is 0. The van der Waals surface area contributed by atoms with Gasteiger partial charge >= 0.3 is 0 Å². The maximum Gasteiger partial charge on any atom is 0.161 e. The van der Waals surface area contributed by atoms with Crippen LogP contribution in [-0.4, -0.2) is 14.2 Å². The number of nitrogens with two attached hydrogens (primary N) is 1. The Labute approximate surface area is 97.0 Å². The molecule has 0 spiro atoms. The van der Waals surface area contributed by atoms with Crippen molar-refractivity contribution < 1.29 is 9.47 Å². The third-order valence-electron chi connectivity index (χ3n) is 2.28. The number of ether oxygens (including phenoxy) is 2. The second kappa shape index (κ2) is 6.53. The lowest BCUT2D eigenvalue weighted by Crippen LogP contribution is -2.08. The van der Waals surface area contributed by atoms with Crippen LogP contribution in [0.3, 0.4) is 0 Å². The average Bonchev–Trinajstić information content (AvgIpc) is 2.26. The highest BCUT2D eigenvalue weighted by molar-refractivity contribution is 5.85. The maximum atomic E-state index is 5.91. The number of rotatable bonds is 4. The fraction of sp³-hybridized carbons (Fsp3) is 0.455. The number of benzene rings is 1. The van der Waals surface area contributed by atoms with Crippen LogP contribution in [0.2, 0.25) is 0 Å². The normalized spacial score (nSPS) is 11.5. The lowest BCUT2D eigenvalue weighted by molar-refractivity contribution is 0.354. The Morgan fingerprint density at radius 2 is 1.80 bits per heavy atom. The summed E-state index contributed by atoms with van der Waals surface area (Å²) in [7, 11) is 3.25. The van der Waals surface area contributed by atoms with Crippen LogP contribution in [0.15, 0.2) is 18.2 Å². The maximum absolute atomic E-state index is 5.91. The number of hydrogen-bond donors (Lipinski definition) is 1. The van der Waals surface area contributed by atoms with Crippen molar-refractivity contribution in [2.24, 2.45) is 5.73 Å².